The van der Waals surface area contributed by atoms with Crippen LogP contribution in [0, 0.1) is 0 Å². The molecule has 7 heteroatoms. The molecule has 0 spiro atoms. The number of sulfone groups is 1. The fourth-order valence-corrected chi connectivity index (χ4v) is 4.39. The van der Waals surface area contributed by atoms with E-state index >= 15 is 0 Å². The second kappa shape index (κ2) is 10.1. The van der Waals surface area contributed by atoms with Crippen LogP contribution in [0.25, 0.3) is 0 Å². The molecule has 0 saturated heterocycles. The van der Waals surface area contributed by atoms with Gasteiger partial charge in [-0.2, -0.15) is 0 Å². The third-order valence-electron chi connectivity index (χ3n) is 4.49. The molecule has 6 nitrogen and oxygen atoms in total. The summed E-state index contributed by atoms with van der Waals surface area (Å²) >= 11 is 0. The Labute approximate surface area is 182 Å². The third kappa shape index (κ3) is 5.86. The van der Waals surface area contributed by atoms with E-state index < -0.39 is 9.84 Å². The average Bonchev–Trinajstić information content (AvgIpc) is 2.77. The molecular weight excluding hydrogens is 414 g/mol. The minimum absolute atomic E-state index is 0.135. The molecule has 31 heavy (non-hydrogen) atoms. The van der Waals surface area contributed by atoms with Gasteiger partial charge >= 0.3 is 0 Å². The first-order valence-corrected chi connectivity index (χ1v) is 11.7. The van der Waals surface area contributed by atoms with Crippen molar-refractivity contribution in [1.29, 1.82) is 0 Å². The molecule has 0 unspecified atom stereocenters. The van der Waals surface area contributed by atoms with Crippen molar-refractivity contribution in [3.63, 3.8) is 0 Å². The summed E-state index contributed by atoms with van der Waals surface area (Å²) in [5.41, 5.74) is 1.52. The van der Waals surface area contributed by atoms with Crippen LogP contribution in [0.1, 0.15) is 29.8 Å². The summed E-state index contributed by atoms with van der Waals surface area (Å²) in [6, 6.07) is 20.1. The molecule has 0 bridgehead atoms. The Balaban J connectivity index is 1.74. The zero-order chi connectivity index (χ0) is 22.3. The summed E-state index contributed by atoms with van der Waals surface area (Å²) < 4.78 is 36.2. The maximum atomic E-state index is 12.7. The second-order valence-electron chi connectivity index (χ2n) is 6.75. The van der Waals surface area contributed by atoms with Gasteiger partial charge in [-0.05, 0) is 55.8 Å². The molecule has 0 heterocycles. The maximum Gasteiger partial charge on any atom is 0.255 e. The fraction of sp³-hybridized carbons (Fsp3) is 0.208. The average molecular weight is 440 g/mol. The van der Waals surface area contributed by atoms with Crippen molar-refractivity contribution in [3.8, 4) is 11.5 Å². The molecule has 0 saturated carbocycles. The molecule has 1 N–H and O–H groups in total. The lowest BCUT2D eigenvalue weighted by atomic mass is 10.1. The number of amides is 1. The highest BCUT2D eigenvalue weighted by Crippen LogP contribution is 2.30. The van der Waals surface area contributed by atoms with E-state index in [1.165, 1.54) is 0 Å². The van der Waals surface area contributed by atoms with Crippen molar-refractivity contribution >= 4 is 21.4 Å². The molecule has 0 aliphatic heterocycles. The number of nitrogens with one attached hydrogen (secondary N) is 1. The number of carbonyl (C=O) groups excluding carboxylic acids is 1. The fourth-order valence-electron chi connectivity index (χ4n) is 3.02. The van der Waals surface area contributed by atoms with E-state index in [4.69, 9.17) is 9.47 Å². The lowest BCUT2D eigenvalue weighted by Crippen LogP contribution is -2.13. The van der Waals surface area contributed by atoms with Crippen molar-refractivity contribution in [2.45, 2.75) is 24.5 Å². The van der Waals surface area contributed by atoms with E-state index in [9.17, 15) is 13.2 Å². The van der Waals surface area contributed by atoms with Crippen molar-refractivity contribution in [1.82, 2.24) is 0 Å². The van der Waals surface area contributed by atoms with Crippen LogP contribution in [-0.4, -0.2) is 27.5 Å². The Kier molecular flexibility index (Phi) is 7.31. The molecule has 3 rings (SSSR count). The second-order valence-corrected chi connectivity index (χ2v) is 8.74. The molecule has 0 radical (unpaired) electrons. The van der Waals surface area contributed by atoms with Gasteiger partial charge in [0.05, 0.1) is 29.5 Å². The van der Waals surface area contributed by atoms with Crippen LogP contribution in [0.15, 0.2) is 77.7 Å². The monoisotopic (exact) mass is 439 g/mol. The first-order chi connectivity index (χ1) is 14.9. The quantitative estimate of drug-likeness (QED) is 0.522. The van der Waals surface area contributed by atoms with Crippen molar-refractivity contribution in [3.05, 3.63) is 83.9 Å². The Bertz CT molecular complexity index is 1130. The van der Waals surface area contributed by atoms with E-state index in [0.717, 1.165) is 0 Å². The molecule has 0 aliphatic rings. The number of ether oxygens (including phenoxy) is 2. The summed E-state index contributed by atoms with van der Waals surface area (Å²) in [4.78, 5) is 13.0. The highest BCUT2D eigenvalue weighted by atomic mass is 32.2. The number of hydrogen-bond donors (Lipinski definition) is 1. The standard InChI is InChI=1S/C24H25NO5S/c1-3-29-20-14-15-23(30-4-2)22(16-20)25-24(26)19-12-10-18(11-13-19)17-31(27,28)21-8-6-5-7-9-21/h5-16H,3-4,17H2,1-2H3,(H,25,26). The highest BCUT2D eigenvalue weighted by molar-refractivity contribution is 7.90. The summed E-state index contributed by atoms with van der Waals surface area (Å²) in [6.07, 6.45) is 0. The Morgan fingerprint density at radius 2 is 1.55 bits per heavy atom. The SMILES string of the molecule is CCOc1ccc(OCC)c(NC(=O)c2ccc(CS(=O)(=O)c3ccccc3)cc2)c1. The minimum atomic E-state index is -3.45. The first-order valence-electron chi connectivity index (χ1n) is 10.0. The largest absolute Gasteiger partial charge is 0.494 e. The topological polar surface area (TPSA) is 81.7 Å². The number of rotatable bonds is 9. The van der Waals surface area contributed by atoms with Crippen LogP contribution < -0.4 is 14.8 Å². The van der Waals surface area contributed by atoms with Crippen molar-refractivity contribution in [2.75, 3.05) is 18.5 Å². The summed E-state index contributed by atoms with van der Waals surface area (Å²) in [5, 5.41) is 2.84. The molecule has 0 fully saturated rings. The number of hydrogen-bond acceptors (Lipinski definition) is 5. The van der Waals surface area contributed by atoms with Crippen LogP contribution in [0.4, 0.5) is 5.69 Å². The molecule has 3 aromatic rings. The van der Waals surface area contributed by atoms with Gasteiger partial charge in [0.15, 0.2) is 9.84 Å². The molecule has 0 atom stereocenters. The van der Waals surface area contributed by atoms with Crippen LogP contribution in [-0.2, 0) is 15.6 Å². The first kappa shape index (κ1) is 22.4. The Hall–Kier alpha value is -3.32. The Morgan fingerprint density at radius 1 is 0.871 bits per heavy atom. The molecule has 3 aromatic carbocycles. The third-order valence-corrected chi connectivity index (χ3v) is 6.19. The van der Waals surface area contributed by atoms with Gasteiger partial charge in [0.1, 0.15) is 11.5 Å². The Morgan fingerprint density at radius 3 is 2.19 bits per heavy atom. The van der Waals surface area contributed by atoms with Gasteiger partial charge in [-0.25, -0.2) is 8.42 Å². The number of benzene rings is 3. The predicted molar refractivity (Wildman–Crippen MR) is 121 cm³/mol. The number of carbonyl (C=O) groups is 1. The summed E-state index contributed by atoms with van der Waals surface area (Å²) in [5.74, 6) is 0.712. The van der Waals surface area contributed by atoms with Crippen LogP contribution in [0.2, 0.25) is 0 Å². The minimum Gasteiger partial charge on any atom is -0.494 e. The zero-order valence-corrected chi connectivity index (χ0v) is 18.3. The van der Waals surface area contributed by atoms with Gasteiger partial charge in [-0.15, -0.1) is 0 Å². The lowest BCUT2D eigenvalue weighted by Gasteiger charge is -2.14. The summed E-state index contributed by atoms with van der Waals surface area (Å²) in [6.45, 7) is 4.72. The van der Waals surface area contributed by atoms with Gasteiger partial charge in [-0.1, -0.05) is 30.3 Å². The predicted octanol–water partition coefficient (Wildman–Crippen LogP) is 4.71. The normalized spacial score (nSPS) is 11.0. The molecule has 1 amide bonds. The van der Waals surface area contributed by atoms with Gasteiger partial charge in [0.2, 0.25) is 0 Å². The summed E-state index contributed by atoms with van der Waals surface area (Å²) in [7, 11) is -3.45. The van der Waals surface area contributed by atoms with E-state index in [2.05, 4.69) is 5.32 Å². The number of anilines is 1. The molecule has 0 aromatic heterocycles. The smallest absolute Gasteiger partial charge is 0.255 e. The highest BCUT2D eigenvalue weighted by Gasteiger charge is 2.16. The van der Waals surface area contributed by atoms with Crippen LogP contribution >= 0.6 is 0 Å². The zero-order valence-electron chi connectivity index (χ0n) is 17.5. The molecular formula is C24H25NO5S. The molecule has 0 aliphatic carbocycles. The van der Waals surface area contributed by atoms with Crippen LogP contribution in [0.3, 0.4) is 0 Å². The lowest BCUT2D eigenvalue weighted by molar-refractivity contribution is 0.102. The van der Waals surface area contributed by atoms with Crippen LogP contribution in [0.5, 0.6) is 11.5 Å². The molecule has 162 valence electrons. The van der Waals surface area contributed by atoms with Gasteiger partial charge in [0, 0.05) is 11.6 Å². The van der Waals surface area contributed by atoms with E-state index in [-0.39, 0.29) is 16.6 Å². The van der Waals surface area contributed by atoms with Crippen molar-refractivity contribution < 1.29 is 22.7 Å². The van der Waals surface area contributed by atoms with Gasteiger partial charge in [0.25, 0.3) is 5.91 Å². The van der Waals surface area contributed by atoms with E-state index in [0.29, 0.717) is 41.5 Å². The maximum absolute atomic E-state index is 12.7. The van der Waals surface area contributed by atoms with E-state index in [1.54, 1.807) is 72.8 Å². The van der Waals surface area contributed by atoms with Gasteiger partial charge < -0.3 is 14.8 Å². The van der Waals surface area contributed by atoms with Crippen molar-refractivity contribution in [2.24, 2.45) is 0 Å². The van der Waals surface area contributed by atoms with E-state index in [1.807, 2.05) is 13.8 Å². The van der Waals surface area contributed by atoms with Gasteiger partial charge in [-0.3, -0.25) is 4.79 Å².